The van der Waals surface area contributed by atoms with Crippen molar-refractivity contribution in [1.82, 2.24) is 4.72 Å². The Hall–Kier alpha value is -2.65. The number of sulfonamides is 1. The van der Waals surface area contributed by atoms with Gasteiger partial charge >= 0.3 is 0 Å². The van der Waals surface area contributed by atoms with Gasteiger partial charge in [0.15, 0.2) is 23.0 Å². The Bertz CT molecular complexity index is 883. The molecule has 1 heterocycles. The smallest absolute Gasteiger partial charge is 0.240 e. The lowest BCUT2D eigenvalue weighted by molar-refractivity contribution is 0.174. The van der Waals surface area contributed by atoms with Crippen LogP contribution in [-0.2, 0) is 10.0 Å². The quantitative estimate of drug-likeness (QED) is 0.697. The van der Waals surface area contributed by atoms with Crippen LogP contribution in [0, 0.1) is 0 Å². The van der Waals surface area contributed by atoms with Crippen LogP contribution in [0.3, 0.4) is 0 Å². The monoisotopic (exact) mass is 381 g/mol. The molecule has 140 valence electrons. The van der Waals surface area contributed by atoms with Gasteiger partial charge in [0, 0.05) is 12.6 Å². The van der Waals surface area contributed by atoms with E-state index in [4.69, 9.17) is 23.7 Å². The van der Waals surface area contributed by atoms with E-state index in [0.29, 0.717) is 28.7 Å². The fraction of sp³-hybridized carbons (Fsp3) is 0.294. The number of rotatable bonds is 8. The van der Waals surface area contributed by atoms with Crippen LogP contribution >= 0.6 is 0 Å². The Labute approximate surface area is 151 Å². The zero-order chi connectivity index (χ0) is 18.6. The molecule has 3 rings (SSSR count). The topological polar surface area (TPSA) is 92.3 Å². The Morgan fingerprint density at radius 3 is 2.58 bits per heavy atom. The molecule has 0 bridgehead atoms. The van der Waals surface area contributed by atoms with Crippen molar-refractivity contribution in [2.45, 2.75) is 4.90 Å². The van der Waals surface area contributed by atoms with Gasteiger partial charge in [0.1, 0.15) is 6.61 Å². The Kier molecular flexibility index (Phi) is 5.38. The minimum absolute atomic E-state index is 0.0805. The summed E-state index contributed by atoms with van der Waals surface area (Å²) in [5.74, 6) is 2.39. The first-order valence-electron chi connectivity index (χ1n) is 7.78. The molecule has 0 aromatic heterocycles. The lowest BCUT2D eigenvalue weighted by Gasteiger charge is -2.14. The lowest BCUT2D eigenvalue weighted by atomic mass is 10.3. The van der Waals surface area contributed by atoms with E-state index in [9.17, 15) is 8.42 Å². The molecule has 0 saturated carbocycles. The Morgan fingerprint density at radius 1 is 1.04 bits per heavy atom. The third-order valence-corrected chi connectivity index (χ3v) is 5.13. The second-order valence-corrected chi connectivity index (χ2v) is 7.02. The van der Waals surface area contributed by atoms with Gasteiger partial charge < -0.3 is 23.7 Å². The zero-order valence-electron chi connectivity index (χ0n) is 14.4. The van der Waals surface area contributed by atoms with Crippen LogP contribution in [0.1, 0.15) is 0 Å². The molecule has 0 amide bonds. The highest BCUT2D eigenvalue weighted by Gasteiger charge is 2.20. The van der Waals surface area contributed by atoms with Crippen molar-refractivity contribution in [2.24, 2.45) is 0 Å². The number of hydrogen-bond donors (Lipinski definition) is 1. The van der Waals surface area contributed by atoms with Crippen molar-refractivity contribution in [2.75, 3.05) is 34.2 Å². The third-order valence-electron chi connectivity index (χ3n) is 3.67. The molecule has 0 unspecified atom stereocenters. The molecular weight excluding hydrogens is 362 g/mol. The van der Waals surface area contributed by atoms with Crippen LogP contribution in [0.25, 0.3) is 0 Å². The van der Waals surface area contributed by atoms with Crippen molar-refractivity contribution in [3.8, 4) is 28.7 Å². The summed E-state index contributed by atoms with van der Waals surface area (Å²) in [5, 5.41) is 0. The highest BCUT2D eigenvalue weighted by Crippen LogP contribution is 2.36. The van der Waals surface area contributed by atoms with Gasteiger partial charge in [-0.2, -0.15) is 0 Å². The van der Waals surface area contributed by atoms with E-state index >= 15 is 0 Å². The summed E-state index contributed by atoms with van der Waals surface area (Å²) in [6.45, 7) is 0.285. The minimum atomic E-state index is -3.69. The molecule has 0 atom stereocenters. The highest BCUT2D eigenvalue weighted by atomic mass is 32.2. The van der Waals surface area contributed by atoms with Gasteiger partial charge in [-0.3, -0.25) is 0 Å². The average molecular weight is 381 g/mol. The van der Waals surface area contributed by atoms with E-state index in [1.165, 1.54) is 26.4 Å². The second kappa shape index (κ2) is 7.71. The average Bonchev–Trinajstić information content (AvgIpc) is 3.12. The Morgan fingerprint density at radius 2 is 1.81 bits per heavy atom. The molecule has 26 heavy (non-hydrogen) atoms. The standard InChI is InChI=1S/C17H19NO7S/c1-21-14-4-3-5-15(17(14)22-2)23-9-8-18-26(19,20)12-6-7-13-16(10-12)25-11-24-13/h3-7,10,18H,8-9,11H2,1-2H3. The predicted octanol–water partition coefficient (Wildman–Crippen LogP) is 1.79. The summed E-state index contributed by atoms with van der Waals surface area (Å²) in [4.78, 5) is 0.0979. The fourth-order valence-electron chi connectivity index (χ4n) is 2.44. The summed E-state index contributed by atoms with van der Waals surface area (Å²) in [7, 11) is -0.650. The van der Waals surface area contributed by atoms with E-state index in [0.717, 1.165) is 0 Å². The first-order valence-corrected chi connectivity index (χ1v) is 9.26. The first kappa shape index (κ1) is 18.2. The van der Waals surface area contributed by atoms with E-state index in [-0.39, 0.29) is 24.8 Å². The van der Waals surface area contributed by atoms with Crippen molar-refractivity contribution >= 4 is 10.0 Å². The minimum Gasteiger partial charge on any atom is -0.493 e. The van der Waals surface area contributed by atoms with E-state index in [1.54, 1.807) is 24.3 Å². The van der Waals surface area contributed by atoms with Gasteiger partial charge in [-0.15, -0.1) is 0 Å². The largest absolute Gasteiger partial charge is 0.493 e. The molecule has 1 N–H and O–H groups in total. The summed E-state index contributed by atoms with van der Waals surface area (Å²) in [6, 6.07) is 9.67. The van der Waals surface area contributed by atoms with Gasteiger partial charge in [-0.1, -0.05) is 6.07 Å². The van der Waals surface area contributed by atoms with E-state index in [1.807, 2.05) is 0 Å². The molecule has 0 aliphatic carbocycles. The van der Waals surface area contributed by atoms with Crippen molar-refractivity contribution in [3.05, 3.63) is 36.4 Å². The molecule has 0 spiro atoms. The maximum Gasteiger partial charge on any atom is 0.240 e. The maximum absolute atomic E-state index is 12.4. The van der Waals surface area contributed by atoms with Gasteiger partial charge in [0.2, 0.25) is 22.6 Å². The maximum atomic E-state index is 12.4. The van der Waals surface area contributed by atoms with Crippen molar-refractivity contribution < 1.29 is 32.1 Å². The van der Waals surface area contributed by atoms with Crippen LogP contribution in [-0.4, -0.2) is 42.6 Å². The Balaban J connectivity index is 1.60. The molecule has 1 aliphatic rings. The van der Waals surface area contributed by atoms with Gasteiger partial charge in [-0.05, 0) is 24.3 Å². The predicted molar refractivity (Wildman–Crippen MR) is 92.8 cm³/mol. The number of fused-ring (bicyclic) bond motifs is 1. The van der Waals surface area contributed by atoms with E-state index in [2.05, 4.69) is 4.72 Å². The third kappa shape index (κ3) is 3.78. The molecule has 0 fully saturated rings. The molecule has 9 heteroatoms. The lowest BCUT2D eigenvalue weighted by Crippen LogP contribution is -2.28. The molecule has 2 aromatic rings. The van der Waals surface area contributed by atoms with E-state index < -0.39 is 10.0 Å². The second-order valence-electron chi connectivity index (χ2n) is 5.25. The van der Waals surface area contributed by atoms with Gasteiger partial charge in [0.05, 0.1) is 19.1 Å². The van der Waals surface area contributed by atoms with Crippen LogP contribution in [0.4, 0.5) is 0 Å². The van der Waals surface area contributed by atoms with Crippen molar-refractivity contribution in [1.29, 1.82) is 0 Å². The molecule has 8 nitrogen and oxygen atoms in total. The fourth-order valence-corrected chi connectivity index (χ4v) is 3.46. The first-order chi connectivity index (χ1) is 12.5. The number of nitrogens with one attached hydrogen (secondary N) is 1. The molecule has 0 saturated heterocycles. The van der Waals surface area contributed by atoms with Gasteiger partial charge in [-0.25, -0.2) is 13.1 Å². The van der Waals surface area contributed by atoms with Crippen LogP contribution < -0.4 is 28.4 Å². The summed E-state index contributed by atoms with van der Waals surface area (Å²) >= 11 is 0. The van der Waals surface area contributed by atoms with Crippen molar-refractivity contribution in [3.63, 3.8) is 0 Å². The number of hydrogen-bond acceptors (Lipinski definition) is 7. The number of para-hydroxylation sites is 1. The van der Waals surface area contributed by atoms with Crippen LogP contribution in [0.5, 0.6) is 28.7 Å². The van der Waals surface area contributed by atoms with Crippen LogP contribution in [0.2, 0.25) is 0 Å². The summed E-state index contributed by atoms with van der Waals surface area (Å²) in [6.07, 6.45) is 0. The molecule has 0 radical (unpaired) electrons. The summed E-state index contributed by atoms with van der Waals surface area (Å²) < 4.78 is 53.6. The molecular formula is C17H19NO7S. The number of benzene rings is 2. The van der Waals surface area contributed by atoms with Gasteiger partial charge in [0.25, 0.3) is 0 Å². The highest BCUT2D eigenvalue weighted by molar-refractivity contribution is 7.89. The zero-order valence-corrected chi connectivity index (χ0v) is 15.2. The normalized spacial score (nSPS) is 12.7. The SMILES string of the molecule is COc1cccc(OCCNS(=O)(=O)c2ccc3c(c2)OCO3)c1OC. The summed E-state index contributed by atoms with van der Waals surface area (Å²) in [5.41, 5.74) is 0. The van der Waals surface area contributed by atoms with Crippen LogP contribution in [0.15, 0.2) is 41.3 Å². The molecule has 1 aliphatic heterocycles. The number of ether oxygens (including phenoxy) is 5. The molecule has 2 aromatic carbocycles. The number of methoxy groups -OCH3 is 2.